The summed E-state index contributed by atoms with van der Waals surface area (Å²) in [5.41, 5.74) is 12.4. The van der Waals surface area contributed by atoms with E-state index in [1.807, 2.05) is 54.6 Å². The summed E-state index contributed by atoms with van der Waals surface area (Å²) in [7, 11) is 0. The number of fused-ring (bicyclic) bond motifs is 17. The fourth-order valence-electron chi connectivity index (χ4n) is 17.0. The number of rotatable bonds is 2. The molecule has 6 bridgehead atoms. The fourth-order valence-corrected chi connectivity index (χ4v) is 17.0. The van der Waals surface area contributed by atoms with E-state index in [9.17, 15) is 0 Å². The van der Waals surface area contributed by atoms with Crippen LogP contribution in [0.3, 0.4) is 0 Å². The molecule has 0 saturated heterocycles. The largest absolute Gasteiger partial charge is 0.0656 e. The molecule has 6 aromatic carbocycles. The number of hydrogen-bond acceptors (Lipinski definition) is 0. The Bertz CT molecular complexity index is 2350. The van der Waals surface area contributed by atoms with E-state index < -0.39 is 0 Å². The summed E-state index contributed by atoms with van der Waals surface area (Å²) in [5, 5.41) is 0. The van der Waals surface area contributed by atoms with Gasteiger partial charge in [0.15, 0.2) is 0 Å². The van der Waals surface area contributed by atoms with Crippen LogP contribution in [0, 0.1) is 119 Å². The van der Waals surface area contributed by atoms with Crippen molar-refractivity contribution in [2.75, 3.05) is 0 Å². The minimum atomic E-state index is 0.775. The summed E-state index contributed by atoms with van der Waals surface area (Å²) in [6.07, 6.45) is 30.0. The summed E-state index contributed by atoms with van der Waals surface area (Å²) in [4.78, 5) is 0. The molecule has 0 aliphatic heterocycles. The lowest BCUT2D eigenvalue weighted by Gasteiger charge is -2.40. The summed E-state index contributed by atoms with van der Waals surface area (Å²) in [6, 6.07) is 57.6. The highest BCUT2D eigenvalue weighted by molar-refractivity contribution is 5.28. The SMILES string of the molecule is C1CC2C(C1)C1CC2C2C3CCC(C3)C12.C1CC2C3CCC(C3)C2C1.CCC.CCC.CCC.Cc1ccc(C)cc1.Cc1ccc(C2CCC(c3ccc(C)cc3)CC2)cc1.Cc1ccccc1.Cc1ccccc1.Cc1ccccc1. The maximum atomic E-state index is 2.33. The van der Waals surface area contributed by atoms with E-state index in [0.29, 0.717) is 0 Å². The molecule has 12 unspecified atom stereocenters. The van der Waals surface area contributed by atoms with E-state index in [0.717, 1.165) is 11.8 Å². The van der Waals surface area contributed by atoms with Gasteiger partial charge >= 0.3 is 0 Å². The quantitative estimate of drug-likeness (QED) is 0.152. The third-order valence-electron chi connectivity index (χ3n) is 20.5. The van der Waals surface area contributed by atoms with E-state index in [-0.39, 0.29) is 0 Å². The zero-order valence-electron chi connectivity index (χ0n) is 55.3. The molecular formula is C83H120. The molecular weight excluding hydrogens is 997 g/mol. The Balaban J connectivity index is 0.000000157. The van der Waals surface area contributed by atoms with Crippen LogP contribution in [0.5, 0.6) is 0 Å². The Morgan fingerprint density at radius 3 is 0.759 bits per heavy atom. The van der Waals surface area contributed by atoms with Gasteiger partial charge in [0, 0.05) is 0 Å². The van der Waals surface area contributed by atoms with Crippen LogP contribution < -0.4 is 0 Å². The van der Waals surface area contributed by atoms with Crippen LogP contribution in [0.2, 0.25) is 0 Å². The minimum Gasteiger partial charge on any atom is -0.0656 e. The second kappa shape index (κ2) is 36.3. The first-order valence-electron chi connectivity index (χ1n) is 34.5. The van der Waals surface area contributed by atoms with Gasteiger partial charge in [-0.1, -0.05) is 276 Å². The lowest BCUT2D eigenvalue weighted by molar-refractivity contribution is 0.0716. The molecule has 15 rings (SSSR count). The first-order valence-corrected chi connectivity index (χ1v) is 34.5. The van der Waals surface area contributed by atoms with E-state index >= 15 is 0 Å². The number of hydrogen-bond donors (Lipinski definition) is 0. The van der Waals surface area contributed by atoms with Crippen LogP contribution in [-0.2, 0) is 0 Å². The second-order valence-corrected chi connectivity index (χ2v) is 27.5. The molecule has 12 atom stereocenters. The van der Waals surface area contributed by atoms with Gasteiger partial charge in [0.1, 0.15) is 0 Å². The molecule has 9 fully saturated rings. The van der Waals surface area contributed by atoms with Crippen molar-refractivity contribution in [3.05, 3.63) is 214 Å². The molecule has 9 aliphatic carbocycles. The van der Waals surface area contributed by atoms with E-state index in [2.05, 4.69) is 199 Å². The first-order chi connectivity index (χ1) is 40.3. The standard InChI is InChI=1S/C20H24.C15H22.C10H16.C8H10.3C7H8.3C3H8/c1-15-3-7-17(8-4-15)19-11-13-20(14-12-19)18-9-5-16(2)6-10-18;1-2-10-11(3-1)13-7-12(10)14-8-4-5-9(6-8)15(13)14;1-2-9-7-4-5-8(6-7)10(9)3-1;1-7-3-5-8(2)6-4-7;3*1-7-5-3-2-4-6-7;3*1-3-2/h3-10,19-20H,11-14H2,1-2H3;8-15H,1-7H2;7-10H,1-6H2;3-6H,1-2H3;3*2-6H,1H3;3*3H2,1-2H3. The topological polar surface area (TPSA) is 0 Å². The highest BCUT2D eigenvalue weighted by Crippen LogP contribution is 2.72. The molecule has 0 aromatic heterocycles. The molecule has 83 heavy (non-hydrogen) atoms. The van der Waals surface area contributed by atoms with Crippen molar-refractivity contribution in [1.82, 2.24) is 0 Å². The summed E-state index contributed by atoms with van der Waals surface area (Å²) >= 11 is 0. The van der Waals surface area contributed by atoms with Crippen molar-refractivity contribution in [2.24, 2.45) is 71.0 Å². The second-order valence-electron chi connectivity index (χ2n) is 27.5. The Morgan fingerprint density at radius 1 is 0.241 bits per heavy atom. The van der Waals surface area contributed by atoms with Crippen LogP contribution >= 0.6 is 0 Å². The van der Waals surface area contributed by atoms with E-state index in [1.54, 1.807) is 83.5 Å². The number of benzene rings is 6. The predicted molar refractivity (Wildman–Crippen MR) is 366 cm³/mol. The normalized spacial score (nSPS) is 28.6. The summed E-state index contributed by atoms with van der Waals surface area (Å²) in [6.45, 7) is 27.5. The van der Waals surface area contributed by atoms with Crippen molar-refractivity contribution < 1.29 is 0 Å². The van der Waals surface area contributed by atoms with Crippen molar-refractivity contribution in [2.45, 2.75) is 230 Å². The Hall–Kier alpha value is -4.68. The maximum absolute atomic E-state index is 2.33. The summed E-state index contributed by atoms with van der Waals surface area (Å²) in [5.74, 6) is 16.1. The van der Waals surface area contributed by atoms with Crippen molar-refractivity contribution in [3.8, 4) is 0 Å². The van der Waals surface area contributed by atoms with E-state index in [4.69, 9.17) is 0 Å². The smallest absolute Gasteiger partial charge is 0.0162 e. The average Bonchev–Trinajstić information content (AvgIpc) is 1.77. The Labute approximate surface area is 512 Å². The highest BCUT2D eigenvalue weighted by atomic mass is 14.7. The van der Waals surface area contributed by atoms with E-state index in [1.165, 1.54) is 166 Å². The molecule has 9 saturated carbocycles. The predicted octanol–water partition coefficient (Wildman–Crippen LogP) is 24.8. The van der Waals surface area contributed by atoms with Crippen molar-refractivity contribution in [3.63, 3.8) is 0 Å². The van der Waals surface area contributed by atoms with Gasteiger partial charge in [-0.05, 0) is 239 Å². The lowest BCUT2D eigenvalue weighted by Crippen LogP contribution is -2.35. The van der Waals surface area contributed by atoms with Gasteiger partial charge in [0.25, 0.3) is 0 Å². The molecule has 0 heterocycles. The van der Waals surface area contributed by atoms with Gasteiger partial charge in [-0.2, -0.15) is 0 Å². The molecule has 0 nitrogen and oxygen atoms in total. The number of aryl methyl sites for hydroxylation is 7. The third-order valence-corrected chi connectivity index (χ3v) is 20.5. The van der Waals surface area contributed by atoms with Gasteiger partial charge in [0.05, 0.1) is 0 Å². The van der Waals surface area contributed by atoms with Gasteiger partial charge in [0.2, 0.25) is 0 Å². The van der Waals surface area contributed by atoms with Crippen molar-refractivity contribution in [1.29, 1.82) is 0 Å². The maximum Gasteiger partial charge on any atom is -0.0162 e. The molecule has 0 amide bonds. The molecule has 6 aromatic rings. The van der Waals surface area contributed by atoms with Gasteiger partial charge in [-0.15, -0.1) is 0 Å². The Kier molecular flexibility index (Phi) is 29.5. The van der Waals surface area contributed by atoms with Crippen LogP contribution in [0.15, 0.2) is 164 Å². The lowest BCUT2D eigenvalue weighted by atomic mass is 9.64. The molecule has 0 spiro atoms. The van der Waals surface area contributed by atoms with Gasteiger partial charge in [-0.25, -0.2) is 0 Å². The fraction of sp³-hybridized carbons (Fsp3) is 0.566. The third kappa shape index (κ3) is 20.8. The van der Waals surface area contributed by atoms with Gasteiger partial charge < -0.3 is 0 Å². The van der Waals surface area contributed by atoms with Crippen LogP contribution in [0.1, 0.15) is 232 Å². The zero-order chi connectivity index (χ0) is 59.5. The van der Waals surface area contributed by atoms with Crippen LogP contribution in [0.4, 0.5) is 0 Å². The van der Waals surface area contributed by atoms with Gasteiger partial charge in [-0.3, -0.25) is 0 Å². The molecule has 452 valence electrons. The van der Waals surface area contributed by atoms with Crippen LogP contribution in [0.25, 0.3) is 0 Å². The highest BCUT2D eigenvalue weighted by Gasteiger charge is 2.65. The zero-order valence-corrected chi connectivity index (χ0v) is 55.3. The molecule has 0 N–H and O–H groups in total. The monoisotopic (exact) mass is 1120 g/mol. The minimum absolute atomic E-state index is 0.775. The van der Waals surface area contributed by atoms with Crippen molar-refractivity contribution >= 4 is 0 Å². The van der Waals surface area contributed by atoms with Crippen LogP contribution in [-0.4, -0.2) is 0 Å². The molecule has 9 aliphatic rings. The Morgan fingerprint density at radius 2 is 0.482 bits per heavy atom. The molecule has 0 heteroatoms. The molecule has 0 radical (unpaired) electrons. The average molecular weight is 1120 g/mol. The first kappa shape index (κ1) is 67.4. The summed E-state index contributed by atoms with van der Waals surface area (Å²) < 4.78 is 0.